The summed E-state index contributed by atoms with van der Waals surface area (Å²) in [5, 5.41) is 0. The van der Waals surface area contributed by atoms with Gasteiger partial charge in [-0.25, -0.2) is 0 Å². The summed E-state index contributed by atoms with van der Waals surface area (Å²) in [6.07, 6.45) is 8.03. The Balaban J connectivity index is 1.23. The second-order valence-corrected chi connectivity index (χ2v) is 6.25. The molecule has 0 unspecified atom stereocenters. The van der Waals surface area contributed by atoms with Crippen LogP contribution >= 0.6 is 0 Å². The fraction of sp³-hybridized carbons (Fsp3) is 0.929. The third-order valence-corrected chi connectivity index (χ3v) is 4.91. The predicted molar refractivity (Wildman–Crippen MR) is 63.0 cm³/mol. The molecule has 0 N–H and O–H groups in total. The normalized spacial score (nSPS) is 48.9. The van der Waals surface area contributed by atoms with Gasteiger partial charge in [-0.3, -0.25) is 4.79 Å². The van der Waals surface area contributed by atoms with Crippen molar-refractivity contribution in [2.24, 2.45) is 11.8 Å². The van der Waals surface area contributed by atoms with Gasteiger partial charge >= 0.3 is 5.97 Å². The molecule has 4 heteroatoms. The minimum Gasteiger partial charge on any atom is -0.465 e. The van der Waals surface area contributed by atoms with Crippen LogP contribution in [0.4, 0.5) is 0 Å². The molecular weight excluding hydrogens is 232 g/mol. The lowest BCUT2D eigenvalue weighted by molar-refractivity contribution is -0.151. The summed E-state index contributed by atoms with van der Waals surface area (Å²) in [5.74, 6) is 0.608. The highest BCUT2D eigenvalue weighted by atomic mass is 16.6. The van der Waals surface area contributed by atoms with E-state index < -0.39 is 0 Å². The van der Waals surface area contributed by atoms with Gasteiger partial charge in [0.1, 0.15) is 0 Å². The van der Waals surface area contributed by atoms with Gasteiger partial charge in [-0.05, 0) is 44.4 Å². The first-order chi connectivity index (χ1) is 8.79. The summed E-state index contributed by atoms with van der Waals surface area (Å²) in [6, 6.07) is 0. The summed E-state index contributed by atoms with van der Waals surface area (Å²) in [7, 11) is 0. The number of esters is 1. The maximum Gasteiger partial charge on any atom is 0.309 e. The van der Waals surface area contributed by atoms with E-state index in [1.165, 1.54) is 0 Å². The minimum atomic E-state index is 0.00258. The lowest BCUT2D eigenvalue weighted by Crippen LogP contribution is -2.27. The van der Waals surface area contributed by atoms with Gasteiger partial charge in [-0.2, -0.15) is 0 Å². The Bertz CT molecular complexity index is 356. The Hall–Kier alpha value is -0.610. The van der Waals surface area contributed by atoms with Crippen LogP contribution in [-0.2, 0) is 19.0 Å². The molecule has 100 valence electrons. The molecular formula is C14H20O4. The molecule has 0 aromatic heterocycles. The number of hydrogen-bond donors (Lipinski definition) is 0. The van der Waals surface area contributed by atoms with E-state index in [4.69, 9.17) is 14.2 Å². The van der Waals surface area contributed by atoms with Crippen LogP contribution < -0.4 is 0 Å². The number of hydrogen-bond acceptors (Lipinski definition) is 4. The van der Waals surface area contributed by atoms with Crippen LogP contribution in [0.25, 0.3) is 0 Å². The lowest BCUT2D eigenvalue weighted by atomic mass is 9.89. The first-order valence-corrected chi connectivity index (χ1v) is 7.27. The molecule has 0 aromatic rings. The molecule has 0 spiro atoms. The van der Waals surface area contributed by atoms with Crippen molar-refractivity contribution in [3.8, 4) is 0 Å². The monoisotopic (exact) mass is 252 g/mol. The highest BCUT2D eigenvalue weighted by Crippen LogP contribution is 2.41. The molecule has 2 heterocycles. The van der Waals surface area contributed by atoms with Crippen LogP contribution in [0, 0.1) is 11.8 Å². The SMILES string of the molecule is O=C(OC[C@@H]1CC[C@@H]2O[C@@H]2C1)[C@@H]1CC[C@H]2O[C@@H]2C1. The number of rotatable bonds is 3. The van der Waals surface area contributed by atoms with Crippen molar-refractivity contribution in [2.45, 2.75) is 62.9 Å². The zero-order valence-corrected chi connectivity index (χ0v) is 10.5. The van der Waals surface area contributed by atoms with Gasteiger partial charge in [0.15, 0.2) is 0 Å². The van der Waals surface area contributed by atoms with E-state index in [9.17, 15) is 4.79 Å². The maximum atomic E-state index is 12.0. The first kappa shape index (κ1) is 11.2. The van der Waals surface area contributed by atoms with E-state index in [-0.39, 0.29) is 11.9 Å². The smallest absolute Gasteiger partial charge is 0.309 e. The fourth-order valence-corrected chi connectivity index (χ4v) is 3.57. The molecule has 4 nitrogen and oxygen atoms in total. The van der Waals surface area contributed by atoms with Crippen LogP contribution in [-0.4, -0.2) is 37.0 Å². The van der Waals surface area contributed by atoms with Crippen LogP contribution in [0.1, 0.15) is 38.5 Å². The largest absolute Gasteiger partial charge is 0.465 e. The van der Waals surface area contributed by atoms with Gasteiger partial charge in [0, 0.05) is 0 Å². The standard InChI is InChI=1S/C14H20O4/c15-14(9-2-4-11-13(6-9)18-11)16-7-8-1-3-10-12(5-8)17-10/h8-13H,1-7H2/t8-,9-,10+,11-,12-,13-/m1/s1. The van der Waals surface area contributed by atoms with Gasteiger partial charge in [0.25, 0.3) is 0 Å². The lowest BCUT2D eigenvalue weighted by Gasteiger charge is -2.21. The molecule has 2 saturated carbocycles. The molecule has 4 rings (SSSR count). The topological polar surface area (TPSA) is 51.4 Å². The number of carbonyl (C=O) groups is 1. The Labute approximate surface area is 107 Å². The van der Waals surface area contributed by atoms with Crippen LogP contribution in [0.2, 0.25) is 0 Å². The van der Waals surface area contributed by atoms with Gasteiger partial charge in [0.05, 0.1) is 36.9 Å². The quantitative estimate of drug-likeness (QED) is 0.566. The summed E-state index contributed by atoms with van der Waals surface area (Å²) in [6.45, 7) is 0.594. The molecule has 4 fully saturated rings. The number of carbonyl (C=O) groups excluding carboxylic acids is 1. The number of epoxide rings is 2. The van der Waals surface area contributed by atoms with Crippen LogP contribution in [0.15, 0.2) is 0 Å². The van der Waals surface area contributed by atoms with Gasteiger partial charge in [-0.15, -0.1) is 0 Å². The van der Waals surface area contributed by atoms with E-state index in [2.05, 4.69) is 0 Å². The summed E-state index contributed by atoms with van der Waals surface area (Å²) < 4.78 is 16.4. The average molecular weight is 252 g/mol. The fourth-order valence-electron chi connectivity index (χ4n) is 3.57. The van der Waals surface area contributed by atoms with E-state index in [0.717, 1.165) is 38.5 Å². The number of ether oxygens (including phenoxy) is 3. The molecule has 18 heavy (non-hydrogen) atoms. The summed E-state index contributed by atoms with van der Waals surface area (Å²) in [5.41, 5.74) is 0. The molecule has 6 atom stereocenters. The van der Waals surface area contributed by atoms with Gasteiger partial charge in [-0.1, -0.05) is 0 Å². The first-order valence-electron chi connectivity index (χ1n) is 7.27. The van der Waals surface area contributed by atoms with Gasteiger partial charge < -0.3 is 14.2 Å². The second kappa shape index (κ2) is 4.20. The van der Waals surface area contributed by atoms with Crippen molar-refractivity contribution < 1.29 is 19.0 Å². The highest BCUT2D eigenvalue weighted by molar-refractivity contribution is 5.72. The third kappa shape index (κ3) is 2.16. The molecule has 0 radical (unpaired) electrons. The minimum absolute atomic E-state index is 0.00258. The van der Waals surface area contributed by atoms with Crippen molar-refractivity contribution in [3.05, 3.63) is 0 Å². The van der Waals surface area contributed by atoms with Crippen molar-refractivity contribution >= 4 is 5.97 Å². The zero-order valence-electron chi connectivity index (χ0n) is 10.5. The third-order valence-electron chi connectivity index (χ3n) is 4.91. The molecule has 0 aromatic carbocycles. The molecule has 2 saturated heterocycles. The van der Waals surface area contributed by atoms with Crippen LogP contribution in [0.5, 0.6) is 0 Å². The number of fused-ring (bicyclic) bond motifs is 2. The Kier molecular flexibility index (Phi) is 2.62. The molecule has 2 aliphatic heterocycles. The second-order valence-electron chi connectivity index (χ2n) is 6.25. The van der Waals surface area contributed by atoms with Crippen LogP contribution in [0.3, 0.4) is 0 Å². The van der Waals surface area contributed by atoms with E-state index >= 15 is 0 Å². The zero-order chi connectivity index (χ0) is 12.1. The Morgan fingerprint density at radius 1 is 0.944 bits per heavy atom. The van der Waals surface area contributed by atoms with Crippen molar-refractivity contribution in [1.29, 1.82) is 0 Å². The predicted octanol–water partition coefficient (Wildman–Crippen LogP) is 1.66. The Morgan fingerprint density at radius 2 is 1.67 bits per heavy atom. The Morgan fingerprint density at radius 3 is 2.39 bits per heavy atom. The molecule has 0 bridgehead atoms. The van der Waals surface area contributed by atoms with Crippen molar-refractivity contribution in [3.63, 3.8) is 0 Å². The molecule has 0 amide bonds. The van der Waals surface area contributed by atoms with Crippen molar-refractivity contribution in [2.75, 3.05) is 6.61 Å². The highest BCUT2D eigenvalue weighted by Gasteiger charge is 2.47. The van der Waals surface area contributed by atoms with Crippen molar-refractivity contribution in [1.82, 2.24) is 0 Å². The molecule has 4 aliphatic rings. The maximum absolute atomic E-state index is 12.0. The summed E-state index contributed by atoms with van der Waals surface area (Å²) in [4.78, 5) is 12.0. The van der Waals surface area contributed by atoms with Gasteiger partial charge in [0.2, 0.25) is 0 Å². The summed E-state index contributed by atoms with van der Waals surface area (Å²) >= 11 is 0. The average Bonchev–Trinajstić information content (AvgIpc) is 3.26. The van der Waals surface area contributed by atoms with E-state index in [0.29, 0.717) is 36.9 Å². The molecule has 2 aliphatic carbocycles. The van der Waals surface area contributed by atoms with E-state index in [1.807, 2.05) is 0 Å². The van der Waals surface area contributed by atoms with E-state index in [1.54, 1.807) is 0 Å².